The summed E-state index contributed by atoms with van der Waals surface area (Å²) in [7, 11) is 0. The van der Waals surface area contributed by atoms with Gasteiger partial charge in [0.05, 0.1) is 0 Å². The molecule has 0 radical (unpaired) electrons. The molecule has 1 fully saturated rings. The molecule has 1 aliphatic rings. The number of hydrazine groups is 1. The second-order valence-electron chi connectivity index (χ2n) is 6.73. The summed E-state index contributed by atoms with van der Waals surface area (Å²) in [5.41, 5.74) is 8.39. The highest BCUT2D eigenvalue weighted by Crippen LogP contribution is 2.29. The van der Waals surface area contributed by atoms with Gasteiger partial charge in [0.15, 0.2) is 5.11 Å². The third kappa shape index (κ3) is 4.67. The van der Waals surface area contributed by atoms with Crippen LogP contribution in [-0.4, -0.2) is 17.1 Å². The molecule has 0 saturated heterocycles. The van der Waals surface area contributed by atoms with E-state index in [2.05, 4.69) is 30.0 Å². The maximum atomic E-state index is 12.2. The van der Waals surface area contributed by atoms with Crippen LogP contribution in [0.1, 0.15) is 54.6 Å². The molecule has 3 atom stereocenters. The molecule has 0 bridgehead atoms. The highest BCUT2D eigenvalue weighted by molar-refractivity contribution is 7.80. The van der Waals surface area contributed by atoms with Gasteiger partial charge in [0.1, 0.15) is 0 Å². The number of thiocarbonyl (C=S) groups is 1. The Bertz CT molecular complexity index is 588. The first-order valence-corrected chi connectivity index (χ1v) is 8.73. The van der Waals surface area contributed by atoms with Gasteiger partial charge in [0.2, 0.25) is 0 Å². The topological polar surface area (TPSA) is 53.2 Å². The highest BCUT2D eigenvalue weighted by Gasteiger charge is 2.27. The first-order valence-electron chi connectivity index (χ1n) is 8.32. The minimum Gasteiger partial charge on any atom is -0.358 e. The fourth-order valence-electron chi connectivity index (χ4n) is 3.06. The van der Waals surface area contributed by atoms with E-state index in [0.717, 1.165) is 12.0 Å². The van der Waals surface area contributed by atoms with Crippen molar-refractivity contribution in [2.45, 2.75) is 53.0 Å². The van der Waals surface area contributed by atoms with Crippen LogP contribution in [0.3, 0.4) is 0 Å². The van der Waals surface area contributed by atoms with Crippen LogP contribution >= 0.6 is 12.2 Å². The molecule has 0 spiro atoms. The third-order valence-corrected chi connectivity index (χ3v) is 5.30. The first-order chi connectivity index (χ1) is 10.9. The molecule has 0 aromatic heterocycles. The van der Waals surface area contributed by atoms with Gasteiger partial charge in [0.25, 0.3) is 5.91 Å². The van der Waals surface area contributed by atoms with Gasteiger partial charge in [-0.3, -0.25) is 15.6 Å². The molecule has 0 aliphatic heterocycles. The van der Waals surface area contributed by atoms with Crippen molar-refractivity contribution in [1.29, 1.82) is 0 Å². The smallest absolute Gasteiger partial charge is 0.269 e. The molecule has 1 aliphatic carbocycles. The Balaban J connectivity index is 1.84. The largest absolute Gasteiger partial charge is 0.358 e. The quantitative estimate of drug-likeness (QED) is 0.574. The van der Waals surface area contributed by atoms with Crippen LogP contribution in [0.15, 0.2) is 18.2 Å². The van der Waals surface area contributed by atoms with Crippen molar-refractivity contribution in [3.8, 4) is 0 Å². The van der Waals surface area contributed by atoms with E-state index in [1.165, 1.54) is 18.4 Å². The number of carbonyl (C=O) groups is 1. The standard InChI is InChI=1S/C18H27N3OS/c1-11-8-9-15(10-13(11)3)17(22)20-21-18(23)19-16-7-5-6-12(2)14(16)4/h8-10,12,14,16H,5-7H2,1-4H3,(H,20,22)(H2,19,21,23)/t12-,14+,16+/m1/s1. The summed E-state index contributed by atoms with van der Waals surface area (Å²) in [6.45, 7) is 8.58. The van der Waals surface area contributed by atoms with Crippen LogP contribution in [0.5, 0.6) is 0 Å². The van der Waals surface area contributed by atoms with Crippen molar-refractivity contribution in [2.75, 3.05) is 0 Å². The molecule has 23 heavy (non-hydrogen) atoms. The molecule has 4 nitrogen and oxygen atoms in total. The number of hydrogen-bond acceptors (Lipinski definition) is 2. The number of aryl methyl sites for hydroxylation is 2. The third-order valence-electron chi connectivity index (χ3n) is 5.08. The summed E-state index contributed by atoms with van der Waals surface area (Å²) >= 11 is 5.30. The molecule has 5 heteroatoms. The molecule has 3 N–H and O–H groups in total. The summed E-state index contributed by atoms with van der Waals surface area (Å²) in [5, 5.41) is 3.81. The van der Waals surface area contributed by atoms with Crippen LogP contribution in [0, 0.1) is 25.7 Å². The van der Waals surface area contributed by atoms with Gasteiger partial charge in [-0.1, -0.05) is 32.8 Å². The summed E-state index contributed by atoms with van der Waals surface area (Å²) in [6, 6.07) is 6.03. The van der Waals surface area contributed by atoms with Crippen LogP contribution in [-0.2, 0) is 0 Å². The Hall–Kier alpha value is -1.62. The minimum atomic E-state index is -0.178. The lowest BCUT2D eigenvalue weighted by molar-refractivity contribution is 0.0943. The minimum absolute atomic E-state index is 0.178. The summed E-state index contributed by atoms with van der Waals surface area (Å²) in [6.07, 6.45) is 3.63. The van der Waals surface area contributed by atoms with Gasteiger partial charge < -0.3 is 5.32 Å². The average molecular weight is 334 g/mol. The van der Waals surface area contributed by atoms with Crippen LogP contribution < -0.4 is 16.2 Å². The number of carbonyl (C=O) groups excluding carboxylic acids is 1. The van der Waals surface area contributed by atoms with Crippen molar-refractivity contribution in [2.24, 2.45) is 11.8 Å². The van der Waals surface area contributed by atoms with Gasteiger partial charge in [0, 0.05) is 11.6 Å². The first kappa shape index (κ1) is 17.7. The number of amides is 1. The van der Waals surface area contributed by atoms with Gasteiger partial charge in [-0.25, -0.2) is 0 Å². The second kappa shape index (κ2) is 7.77. The fraction of sp³-hybridized carbons (Fsp3) is 0.556. The van der Waals surface area contributed by atoms with E-state index in [9.17, 15) is 4.79 Å². The van der Waals surface area contributed by atoms with Crippen molar-refractivity contribution >= 4 is 23.2 Å². The van der Waals surface area contributed by atoms with E-state index < -0.39 is 0 Å². The zero-order valence-electron chi connectivity index (χ0n) is 14.4. The molecule has 0 unspecified atom stereocenters. The number of nitrogens with one attached hydrogen (secondary N) is 3. The number of rotatable bonds is 2. The number of benzene rings is 1. The summed E-state index contributed by atoms with van der Waals surface area (Å²) < 4.78 is 0. The summed E-state index contributed by atoms with van der Waals surface area (Å²) in [5.74, 6) is 1.11. The molecule has 2 rings (SSSR count). The fourth-order valence-corrected chi connectivity index (χ4v) is 3.26. The Morgan fingerprint density at radius 3 is 2.57 bits per heavy atom. The van der Waals surface area contributed by atoms with Crippen molar-refractivity contribution < 1.29 is 4.79 Å². The van der Waals surface area contributed by atoms with Gasteiger partial charge >= 0.3 is 0 Å². The van der Waals surface area contributed by atoms with Gasteiger partial charge in [-0.15, -0.1) is 0 Å². The molecule has 1 aromatic rings. The average Bonchev–Trinajstić information content (AvgIpc) is 2.52. The zero-order chi connectivity index (χ0) is 17.0. The van der Waals surface area contributed by atoms with Crippen LogP contribution in [0.25, 0.3) is 0 Å². The lowest BCUT2D eigenvalue weighted by Gasteiger charge is -2.35. The lowest BCUT2D eigenvalue weighted by Crippen LogP contribution is -2.52. The van der Waals surface area contributed by atoms with E-state index in [1.54, 1.807) is 0 Å². The predicted molar refractivity (Wildman–Crippen MR) is 98.2 cm³/mol. The molecular weight excluding hydrogens is 306 g/mol. The molecule has 1 aromatic carbocycles. The van der Waals surface area contributed by atoms with Crippen LogP contribution in [0.2, 0.25) is 0 Å². The molecule has 1 saturated carbocycles. The van der Waals surface area contributed by atoms with Crippen molar-refractivity contribution in [3.63, 3.8) is 0 Å². The number of hydrogen-bond donors (Lipinski definition) is 3. The van der Waals surface area contributed by atoms with Gasteiger partial charge in [-0.2, -0.15) is 0 Å². The Morgan fingerprint density at radius 2 is 1.87 bits per heavy atom. The maximum Gasteiger partial charge on any atom is 0.269 e. The Kier molecular flexibility index (Phi) is 5.99. The van der Waals surface area contributed by atoms with E-state index in [4.69, 9.17) is 12.2 Å². The van der Waals surface area contributed by atoms with E-state index in [-0.39, 0.29) is 5.91 Å². The van der Waals surface area contributed by atoms with E-state index >= 15 is 0 Å². The summed E-state index contributed by atoms with van der Waals surface area (Å²) in [4.78, 5) is 12.2. The Morgan fingerprint density at radius 1 is 1.13 bits per heavy atom. The lowest BCUT2D eigenvalue weighted by atomic mass is 9.78. The molecule has 1 amide bonds. The van der Waals surface area contributed by atoms with E-state index in [0.29, 0.717) is 28.6 Å². The molecule has 126 valence electrons. The Labute approximate surface area is 144 Å². The van der Waals surface area contributed by atoms with Crippen molar-refractivity contribution in [1.82, 2.24) is 16.2 Å². The molecule has 0 heterocycles. The SMILES string of the molecule is Cc1ccc(C(=O)NNC(=S)N[C@H]2CCC[C@@H](C)[C@@H]2C)cc1C. The highest BCUT2D eigenvalue weighted by atomic mass is 32.1. The predicted octanol–water partition coefficient (Wildman–Crippen LogP) is 3.24. The zero-order valence-corrected chi connectivity index (χ0v) is 15.2. The van der Waals surface area contributed by atoms with Crippen molar-refractivity contribution in [3.05, 3.63) is 34.9 Å². The maximum absolute atomic E-state index is 12.2. The van der Waals surface area contributed by atoms with Gasteiger partial charge in [-0.05, 0) is 67.6 Å². The monoisotopic (exact) mass is 333 g/mol. The second-order valence-corrected chi connectivity index (χ2v) is 7.13. The van der Waals surface area contributed by atoms with E-state index in [1.807, 2.05) is 32.0 Å². The normalized spacial score (nSPS) is 23.9. The van der Waals surface area contributed by atoms with Crippen LogP contribution in [0.4, 0.5) is 0 Å². The molecular formula is C18H27N3OS.